The van der Waals surface area contributed by atoms with E-state index in [1.807, 2.05) is 12.1 Å². The van der Waals surface area contributed by atoms with E-state index < -0.39 is 0 Å². The molecule has 0 unspecified atom stereocenters. The van der Waals surface area contributed by atoms with Crippen LogP contribution in [0.2, 0.25) is 0 Å². The van der Waals surface area contributed by atoms with Crippen LogP contribution in [0.5, 0.6) is 17.2 Å². The second kappa shape index (κ2) is 6.32. The third kappa shape index (κ3) is 2.41. The van der Waals surface area contributed by atoms with E-state index in [2.05, 4.69) is 4.90 Å². The van der Waals surface area contributed by atoms with Crippen LogP contribution in [0.4, 0.5) is 0 Å². The lowest BCUT2D eigenvalue weighted by Crippen LogP contribution is -2.62. The SMILES string of the molecule is COc1cc(C2(N3CCOCC3)COC2)cc(OC)c1OC. The van der Waals surface area contributed by atoms with Gasteiger partial charge >= 0.3 is 0 Å². The van der Waals surface area contributed by atoms with E-state index in [0.29, 0.717) is 30.5 Å². The molecule has 0 spiro atoms. The molecule has 0 saturated carbocycles. The summed E-state index contributed by atoms with van der Waals surface area (Å²) in [6.07, 6.45) is 0. The molecule has 3 rings (SSSR count). The standard InChI is InChI=1S/C16H23NO5/c1-18-13-8-12(9-14(19-2)15(13)20-3)16(10-22-11-16)17-4-6-21-7-5-17/h8-9H,4-7,10-11H2,1-3H3. The maximum Gasteiger partial charge on any atom is 0.203 e. The van der Waals surface area contributed by atoms with Crippen LogP contribution >= 0.6 is 0 Å². The average molecular weight is 309 g/mol. The van der Waals surface area contributed by atoms with E-state index in [1.165, 1.54) is 0 Å². The Balaban J connectivity index is 2.01. The second-order valence-corrected chi connectivity index (χ2v) is 5.54. The van der Waals surface area contributed by atoms with Gasteiger partial charge in [-0.15, -0.1) is 0 Å². The van der Waals surface area contributed by atoms with E-state index >= 15 is 0 Å². The van der Waals surface area contributed by atoms with Gasteiger partial charge in [0.05, 0.1) is 53.3 Å². The van der Waals surface area contributed by atoms with E-state index in [0.717, 1.165) is 31.9 Å². The molecule has 0 aromatic heterocycles. The zero-order valence-corrected chi connectivity index (χ0v) is 13.4. The van der Waals surface area contributed by atoms with Crippen LogP contribution in [-0.4, -0.2) is 65.7 Å². The summed E-state index contributed by atoms with van der Waals surface area (Å²) in [6.45, 7) is 4.66. The predicted molar refractivity (Wildman–Crippen MR) is 81.0 cm³/mol. The Morgan fingerprint density at radius 1 is 0.909 bits per heavy atom. The lowest BCUT2D eigenvalue weighted by Gasteiger charge is -2.51. The zero-order valence-electron chi connectivity index (χ0n) is 13.4. The maximum atomic E-state index is 5.55. The fourth-order valence-electron chi connectivity index (χ4n) is 3.17. The fourth-order valence-corrected chi connectivity index (χ4v) is 3.17. The number of morpholine rings is 1. The quantitative estimate of drug-likeness (QED) is 0.816. The molecule has 0 N–H and O–H groups in total. The van der Waals surface area contributed by atoms with Crippen molar-refractivity contribution in [2.45, 2.75) is 5.54 Å². The van der Waals surface area contributed by atoms with Crippen LogP contribution in [0.15, 0.2) is 12.1 Å². The van der Waals surface area contributed by atoms with Crippen molar-refractivity contribution in [1.82, 2.24) is 4.90 Å². The second-order valence-electron chi connectivity index (χ2n) is 5.54. The molecular formula is C16H23NO5. The number of rotatable bonds is 5. The van der Waals surface area contributed by atoms with Gasteiger partial charge in [0.25, 0.3) is 0 Å². The molecule has 6 nitrogen and oxygen atoms in total. The largest absolute Gasteiger partial charge is 0.493 e. The molecule has 1 aromatic carbocycles. The van der Waals surface area contributed by atoms with Gasteiger partial charge in [-0.1, -0.05) is 0 Å². The molecule has 2 fully saturated rings. The maximum absolute atomic E-state index is 5.55. The highest BCUT2D eigenvalue weighted by Gasteiger charge is 2.46. The molecular weight excluding hydrogens is 286 g/mol. The summed E-state index contributed by atoms with van der Waals surface area (Å²) in [5, 5.41) is 0. The highest BCUT2D eigenvalue weighted by molar-refractivity contribution is 5.55. The Morgan fingerprint density at radius 3 is 1.91 bits per heavy atom. The van der Waals surface area contributed by atoms with Crippen LogP contribution < -0.4 is 14.2 Å². The van der Waals surface area contributed by atoms with Crippen molar-refractivity contribution in [3.63, 3.8) is 0 Å². The molecule has 0 amide bonds. The molecule has 0 aliphatic carbocycles. The van der Waals surface area contributed by atoms with Gasteiger partial charge in [-0.25, -0.2) is 0 Å². The molecule has 0 bridgehead atoms. The van der Waals surface area contributed by atoms with Gasteiger partial charge in [-0.05, 0) is 17.7 Å². The smallest absolute Gasteiger partial charge is 0.203 e. The zero-order chi connectivity index (χ0) is 15.6. The first-order valence-electron chi connectivity index (χ1n) is 7.46. The number of nitrogens with zero attached hydrogens (tertiary/aromatic N) is 1. The molecule has 0 atom stereocenters. The highest BCUT2D eigenvalue weighted by Crippen LogP contribution is 2.45. The molecule has 122 valence electrons. The van der Waals surface area contributed by atoms with Crippen molar-refractivity contribution in [2.75, 3.05) is 60.8 Å². The third-order valence-corrected chi connectivity index (χ3v) is 4.50. The first-order valence-corrected chi connectivity index (χ1v) is 7.46. The Morgan fingerprint density at radius 2 is 1.50 bits per heavy atom. The van der Waals surface area contributed by atoms with Gasteiger partial charge in [-0.3, -0.25) is 4.90 Å². The molecule has 0 radical (unpaired) electrons. The minimum Gasteiger partial charge on any atom is -0.493 e. The van der Waals surface area contributed by atoms with Gasteiger partial charge in [0, 0.05) is 13.1 Å². The monoisotopic (exact) mass is 309 g/mol. The highest BCUT2D eigenvalue weighted by atomic mass is 16.5. The van der Waals surface area contributed by atoms with Crippen molar-refractivity contribution >= 4 is 0 Å². The van der Waals surface area contributed by atoms with Gasteiger partial charge < -0.3 is 23.7 Å². The van der Waals surface area contributed by atoms with E-state index in [4.69, 9.17) is 23.7 Å². The number of ether oxygens (including phenoxy) is 5. The Labute approximate surface area is 130 Å². The molecule has 2 aliphatic rings. The number of hydrogen-bond donors (Lipinski definition) is 0. The summed E-state index contributed by atoms with van der Waals surface area (Å²) < 4.78 is 27.4. The summed E-state index contributed by atoms with van der Waals surface area (Å²) in [5.41, 5.74) is 1.01. The minimum atomic E-state index is -0.128. The van der Waals surface area contributed by atoms with Crippen LogP contribution in [0.1, 0.15) is 5.56 Å². The topological polar surface area (TPSA) is 49.4 Å². The molecule has 2 aliphatic heterocycles. The van der Waals surface area contributed by atoms with Crippen molar-refractivity contribution in [2.24, 2.45) is 0 Å². The predicted octanol–water partition coefficient (Wildman–Crippen LogP) is 1.27. The van der Waals surface area contributed by atoms with Crippen LogP contribution in [0.25, 0.3) is 0 Å². The Bertz CT molecular complexity index is 498. The Hall–Kier alpha value is -1.50. The van der Waals surface area contributed by atoms with E-state index in [1.54, 1.807) is 21.3 Å². The van der Waals surface area contributed by atoms with Crippen LogP contribution in [-0.2, 0) is 15.0 Å². The van der Waals surface area contributed by atoms with Crippen LogP contribution in [0.3, 0.4) is 0 Å². The molecule has 2 saturated heterocycles. The van der Waals surface area contributed by atoms with Gasteiger partial charge in [-0.2, -0.15) is 0 Å². The lowest BCUT2D eigenvalue weighted by atomic mass is 9.85. The molecule has 1 aromatic rings. The van der Waals surface area contributed by atoms with Crippen LogP contribution in [0, 0.1) is 0 Å². The summed E-state index contributed by atoms with van der Waals surface area (Å²) in [4.78, 5) is 2.43. The van der Waals surface area contributed by atoms with Gasteiger partial charge in [0.1, 0.15) is 0 Å². The summed E-state index contributed by atoms with van der Waals surface area (Å²) in [5.74, 6) is 1.97. The van der Waals surface area contributed by atoms with E-state index in [9.17, 15) is 0 Å². The average Bonchev–Trinajstić information content (AvgIpc) is 2.53. The number of methoxy groups -OCH3 is 3. The first kappa shape index (κ1) is 15.4. The van der Waals surface area contributed by atoms with Crippen molar-refractivity contribution in [1.29, 1.82) is 0 Å². The number of benzene rings is 1. The summed E-state index contributed by atoms with van der Waals surface area (Å²) in [6, 6.07) is 4.05. The normalized spacial score (nSPS) is 21.0. The third-order valence-electron chi connectivity index (χ3n) is 4.50. The molecule has 22 heavy (non-hydrogen) atoms. The Kier molecular flexibility index (Phi) is 4.42. The summed E-state index contributed by atoms with van der Waals surface area (Å²) in [7, 11) is 4.89. The molecule has 6 heteroatoms. The van der Waals surface area contributed by atoms with Crippen molar-refractivity contribution < 1.29 is 23.7 Å². The van der Waals surface area contributed by atoms with Gasteiger partial charge in [0.15, 0.2) is 11.5 Å². The lowest BCUT2D eigenvalue weighted by molar-refractivity contribution is -0.166. The minimum absolute atomic E-state index is 0.128. The molecule has 2 heterocycles. The fraction of sp³-hybridized carbons (Fsp3) is 0.625. The first-order chi connectivity index (χ1) is 10.7. The van der Waals surface area contributed by atoms with E-state index in [-0.39, 0.29) is 5.54 Å². The van der Waals surface area contributed by atoms with Gasteiger partial charge in [0.2, 0.25) is 5.75 Å². The van der Waals surface area contributed by atoms with Crippen molar-refractivity contribution in [3.8, 4) is 17.2 Å². The summed E-state index contributed by atoms with van der Waals surface area (Å²) >= 11 is 0. The number of hydrogen-bond acceptors (Lipinski definition) is 6. The van der Waals surface area contributed by atoms with Crippen molar-refractivity contribution in [3.05, 3.63) is 17.7 Å².